The van der Waals surface area contributed by atoms with Gasteiger partial charge in [-0.15, -0.1) is 35.3 Å². The Morgan fingerprint density at radius 2 is 1.91 bits per heavy atom. The van der Waals surface area contributed by atoms with Gasteiger partial charge in [-0.1, -0.05) is 13.8 Å². The van der Waals surface area contributed by atoms with Crippen LogP contribution in [0, 0.1) is 25.7 Å². The predicted octanol–water partition coefficient (Wildman–Crippen LogP) is 4.26. The number of thiazole rings is 1. The Hall–Kier alpha value is -0.370. The SMILES string of the molecule is CN=C(NCc1nc(C)c(C)s1)NC1CCC(C(C)C)CC1.I. The van der Waals surface area contributed by atoms with Gasteiger partial charge in [-0.2, -0.15) is 0 Å². The number of hydrogen-bond donors (Lipinski definition) is 2. The summed E-state index contributed by atoms with van der Waals surface area (Å²) in [5.74, 6) is 2.61. The molecular formula is C17H31IN4S. The van der Waals surface area contributed by atoms with Crippen LogP contribution >= 0.6 is 35.3 Å². The number of nitrogens with one attached hydrogen (secondary N) is 2. The Bertz CT molecular complexity index is 485. The first kappa shape index (κ1) is 20.7. The molecule has 1 aliphatic rings. The lowest BCUT2D eigenvalue weighted by Gasteiger charge is -2.32. The van der Waals surface area contributed by atoms with Gasteiger partial charge in [0.25, 0.3) is 0 Å². The molecule has 2 N–H and O–H groups in total. The van der Waals surface area contributed by atoms with Gasteiger partial charge in [0.2, 0.25) is 0 Å². The van der Waals surface area contributed by atoms with Crippen molar-refractivity contribution in [2.24, 2.45) is 16.8 Å². The fourth-order valence-corrected chi connectivity index (χ4v) is 3.97. The van der Waals surface area contributed by atoms with Crippen molar-refractivity contribution in [3.05, 3.63) is 15.6 Å². The summed E-state index contributed by atoms with van der Waals surface area (Å²) in [6.45, 7) is 9.63. The summed E-state index contributed by atoms with van der Waals surface area (Å²) >= 11 is 1.76. The summed E-state index contributed by atoms with van der Waals surface area (Å²) in [6, 6.07) is 0.556. The number of guanidine groups is 1. The van der Waals surface area contributed by atoms with Crippen molar-refractivity contribution in [3.8, 4) is 0 Å². The van der Waals surface area contributed by atoms with Crippen LogP contribution in [0.15, 0.2) is 4.99 Å². The molecule has 1 fully saturated rings. The molecule has 0 atom stereocenters. The van der Waals surface area contributed by atoms with Crippen LogP contribution in [0.1, 0.15) is 55.1 Å². The molecule has 0 amide bonds. The van der Waals surface area contributed by atoms with E-state index in [2.05, 4.69) is 48.3 Å². The lowest BCUT2D eigenvalue weighted by Crippen LogP contribution is -2.44. The largest absolute Gasteiger partial charge is 0.354 e. The number of nitrogens with zero attached hydrogens (tertiary/aromatic N) is 2. The van der Waals surface area contributed by atoms with Gasteiger partial charge in [-0.05, 0) is 51.4 Å². The third kappa shape index (κ3) is 6.21. The van der Waals surface area contributed by atoms with Crippen LogP contribution in [0.2, 0.25) is 0 Å². The van der Waals surface area contributed by atoms with E-state index in [0.717, 1.165) is 35.0 Å². The molecule has 0 spiro atoms. The number of aliphatic imine (C=N–C) groups is 1. The van der Waals surface area contributed by atoms with Gasteiger partial charge >= 0.3 is 0 Å². The molecule has 4 nitrogen and oxygen atoms in total. The lowest BCUT2D eigenvalue weighted by molar-refractivity contribution is 0.250. The highest BCUT2D eigenvalue weighted by Gasteiger charge is 2.23. The molecule has 6 heteroatoms. The maximum Gasteiger partial charge on any atom is 0.191 e. The maximum atomic E-state index is 4.57. The van der Waals surface area contributed by atoms with Gasteiger partial charge in [-0.3, -0.25) is 4.99 Å². The first-order chi connectivity index (χ1) is 10.5. The summed E-state index contributed by atoms with van der Waals surface area (Å²) in [5.41, 5.74) is 1.14. The molecule has 1 aliphatic carbocycles. The molecule has 23 heavy (non-hydrogen) atoms. The normalized spacial score (nSPS) is 21.9. The Labute approximate surface area is 162 Å². The second-order valence-electron chi connectivity index (χ2n) is 6.68. The van der Waals surface area contributed by atoms with Gasteiger partial charge in [-0.25, -0.2) is 4.98 Å². The molecule has 1 saturated carbocycles. The van der Waals surface area contributed by atoms with E-state index >= 15 is 0 Å². The lowest BCUT2D eigenvalue weighted by atomic mass is 9.80. The van der Waals surface area contributed by atoms with Crippen molar-refractivity contribution < 1.29 is 0 Å². The second kappa shape index (κ2) is 9.81. The molecule has 0 bridgehead atoms. The Balaban J connectivity index is 0.00000264. The molecule has 2 rings (SSSR count). The van der Waals surface area contributed by atoms with Gasteiger partial charge in [0.05, 0.1) is 12.2 Å². The molecule has 1 heterocycles. The standard InChI is InChI=1S/C17H30N4S.HI/c1-11(2)14-6-8-15(9-7-14)21-17(18-5)19-10-16-20-12(3)13(4)22-16;/h11,14-15H,6-10H2,1-5H3,(H2,18,19,21);1H. The molecule has 132 valence electrons. The van der Waals surface area contributed by atoms with Crippen molar-refractivity contribution in [3.63, 3.8) is 0 Å². The van der Waals surface area contributed by atoms with Crippen molar-refractivity contribution in [2.45, 2.75) is 66.0 Å². The minimum absolute atomic E-state index is 0. The van der Waals surface area contributed by atoms with Crippen LogP contribution in [0.4, 0.5) is 0 Å². The fourth-order valence-electron chi connectivity index (χ4n) is 3.09. The van der Waals surface area contributed by atoms with E-state index < -0.39 is 0 Å². The van der Waals surface area contributed by atoms with Crippen LogP contribution < -0.4 is 10.6 Å². The zero-order valence-corrected chi connectivity index (χ0v) is 18.1. The number of hydrogen-bond acceptors (Lipinski definition) is 3. The van der Waals surface area contributed by atoms with Crippen molar-refractivity contribution in [2.75, 3.05) is 7.05 Å². The highest BCUT2D eigenvalue weighted by molar-refractivity contribution is 14.0. The van der Waals surface area contributed by atoms with Crippen LogP contribution in [0.25, 0.3) is 0 Å². The Kier molecular flexibility index (Phi) is 8.82. The van der Waals surface area contributed by atoms with Crippen LogP contribution in [0.3, 0.4) is 0 Å². The van der Waals surface area contributed by atoms with Crippen LogP contribution in [-0.2, 0) is 6.54 Å². The molecule has 0 unspecified atom stereocenters. The minimum atomic E-state index is 0. The Morgan fingerprint density at radius 3 is 2.39 bits per heavy atom. The van der Waals surface area contributed by atoms with E-state index in [9.17, 15) is 0 Å². The topological polar surface area (TPSA) is 49.3 Å². The predicted molar refractivity (Wildman–Crippen MR) is 111 cm³/mol. The molecule has 0 saturated heterocycles. The van der Waals surface area contributed by atoms with E-state index in [1.165, 1.54) is 30.6 Å². The second-order valence-corrected chi connectivity index (χ2v) is 7.96. The summed E-state index contributed by atoms with van der Waals surface area (Å²) < 4.78 is 0. The van der Waals surface area contributed by atoms with Crippen molar-refractivity contribution >= 4 is 41.3 Å². The number of halogens is 1. The molecule has 1 aromatic heterocycles. The summed E-state index contributed by atoms with van der Waals surface area (Å²) in [6.07, 6.45) is 5.16. The molecular weight excluding hydrogens is 419 g/mol. The zero-order chi connectivity index (χ0) is 16.1. The highest BCUT2D eigenvalue weighted by atomic mass is 127. The van der Waals surface area contributed by atoms with E-state index in [4.69, 9.17) is 0 Å². The number of rotatable bonds is 4. The smallest absolute Gasteiger partial charge is 0.191 e. The summed E-state index contributed by atoms with van der Waals surface area (Å²) in [5, 5.41) is 8.09. The van der Waals surface area contributed by atoms with Crippen molar-refractivity contribution in [1.29, 1.82) is 0 Å². The van der Waals surface area contributed by atoms with Crippen LogP contribution in [-0.4, -0.2) is 24.0 Å². The maximum absolute atomic E-state index is 4.57. The molecule has 0 aliphatic heterocycles. The van der Waals surface area contributed by atoms with Crippen molar-refractivity contribution in [1.82, 2.24) is 15.6 Å². The quantitative estimate of drug-likeness (QED) is 0.410. The first-order valence-corrected chi connectivity index (χ1v) is 9.21. The van der Waals surface area contributed by atoms with Gasteiger partial charge in [0.1, 0.15) is 5.01 Å². The van der Waals surface area contributed by atoms with Gasteiger partial charge in [0.15, 0.2) is 5.96 Å². The monoisotopic (exact) mass is 450 g/mol. The average Bonchev–Trinajstić information content (AvgIpc) is 2.82. The zero-order valence-electron chi connectivity index (χ0n) is 15.0. The fraction of sp³-hybridized carbons (Fsp3) is 0.765. The number of aryl methyl sites for hydroxylation is 2. The summed E-state index contributed by atoms with van der Waals surface area (Å²) in [4.78, 5) is 10.2. The average molecular weight is 450 g/mol. The number of aromatic nitrogens is 1. The van der Waals surface area contributed by atoms with Crippen LogP contribution in [0.5, 0.6) is 0 Å². The van der Waals surface area contributed by atoms with Gasteiger partial charge in [0, 0.05) is 18.0 Å². The van der Waals surface area contributed by atoms with Gasteiger partial charge < -0.3 is 10.6 Å². The Morgan fingerprint density at radius 1 is 1.26 bits per heavy atom. The molecule has 1 aromatic rings. The molecule has 0 radical (unpaired) electrons. The van der Waals surface area contributed by atoms with E-state index in [0.29, 0.717) is 6.04 Å². The highest BCUT2D eigenvalue weighted by Crippen LogP contribution is 2.29. The first-order valence-electron chi connectivity index (χ1n) is 8.39. The minimum Gasteiger partial charge on any atom is -0.354 e. The third-order valence-electron chi connectivity index (χ3n) is 4.76. The van der Waals surface area contributed by atoms with E-state index in [1.54, 1.807) is 11.3 Å². The van der Waals surface area contributed by atoms with E-state index in [1.807, 2.05) is 7.05 Å². The summed E-state index contributed by atoms with van der Waals surface area (Å²) in [7, 11) is 1.84. The third-order valence-corrected chi connectivity index (χ3v) is 5.83. The molecule has 0 aromatic carbocycles. The van der Waals surface area contributed by atoms with E-state index in [-0.39, 0.29) is 24.0 Å².